The number of aryl methyl sites for hydroxylation is 2. The minimum atomic E-state index is 0.141. The highest BCUT2D eigenvalue weighted by molar-refractivity contribution is 14.1. The number of rotatable bonds is 4. The second-order valence-corrected chi connectivity index (χ2v) is 6.22. The predicted molar refractivity (Wildman–Crippen MR) is 92.5 cm³/mol. The zero-order valence-corrected chi connectivity index (χ0v) is 14.5. The molecule has 2 aromatic carbocycles. The maximum atomic E-state index is 5.59. The monoisotopic (exact) mass is 381 g/mol. The molecule has 1 atom stereocenters. The highest BCUT2D eigenvalue weighted by atomic mass is 127. The number of ether oxygens (including phenoxy) is 1. The molecule has 2 nitrogen and oxygen atoms in total. The summed E-state index contributed by atoms with van der Waals surface area (Å²) in [6.45, 7) is 4.24. The van der Waals surface area contributed by atoms with Crippen LogP contribution in [0.2, 0.25) is 0 Å². The molecule has 0 radical (unpaired) electrons. The van der Waals surface area contributed by atoms with Crippen LogP contribution in [0.3, 0.4) is 0 Å². The lowest BCUT2D eigenvalue weighted by molar-refractivity contribution is 0.404. The molecule has 0 fully saturated rings. The van der Waals surface area contributed by atoms with Gasteiger partial charge in [0.25, 0.3) is 0 Å². The Bertz CT molecular complexity index is 593. The number of hydrogen-bond donors (Lipinski definition) is 1. The first kappa shape index (κ1) is 15.3. The van der Waals surface area contributed by atoms with Crippen molar-refractivity contribution in [2.75, 3.05) is 14.2 Å². The van der Waals surface area contributed by atoms with Crippen LogP contribution in [-0.2, 0) is 0 Å². The first-order valence-electron chi connectivity index (χ1n) is 6.64. The summed E-state index contributed by atoms with van der Waals surface area (Å²) in [4.78, 5) is 0. The van der Waals surface area contributed by atoms with Crippen LogP contribution in [0.1, 0.15) is 28.3 Å². The van der Waals surface area contributed by atoms with Crippen molar-refractivity contribution in [1.29, 1.82) is 0 Å². The fraction of sp³-hybridized carbons (Fsp3) is 0.294. The Labute approximate surface area is 134 Å². The standard InChI is InChI=1S/C17H20INO/c1-11-9-12(2)16(15(10-11)20-4)17(19-3)13-5-7-14(18)8-6-13/h5-10,17,19H,1-4H3. The average molecular weight is 381 g/mol. The second-order valence-electron chi connectivity index (χ2n) is 4.97. The highest BCUT2D eigenvalue weighted by Gasteiger charge is 2.19. The van der Waals surface area contributed by atoms with Gasteiger partial charge in [-0.1, -0.05) is 18.2 Å². The predicted octanol–water partition coefficient (Wildman–Crippen LogP) is 4.23. The zero-order chi connectivity index (χ0) is 14.7. The molecule has 0 bridgehead atoms. The highest BCUT2D eigenvalue weighted by Crippen LogP contribution is 2.33. The van der Waals surface area contributed by atoms with Gasteiger partial charge >= 0.3 is 0 Å². The summed E-state index contributed by atoms with van der Waals surface area (Å²) in [6.07, 6.45) is 0. The Balaban J connectivity index is 2.54. The van der Waals surface area contributed by atoms with E-state index in [0.717, 1.165) is 5.75 Å². The molecule has 1 unspecified atom stereocenters. The molecular formula is C17H20INO. The number of halogens is 1. The van der Waals surface area contributed by atoms with Crippen LogP contribution in [0.5, 0.6) is 5.75 Å². The minimum Gasteiger partial charge on any atom is -0.496 e. The molecule has 2 aromatic rings. The van der Waals surface area contributed by atoms with Crippen LogP contribution in [0, 0.1) is 17.4 Å². The molecule has 0 aliphatic heterocycles. The largest absolute Gasteiger partial charge is 0.496 e. The van der Waals surface area contributed by atoms with Gasteiger partial charge in [-0.2, -0.15) is 0 Å². The van der Waals surface area contributed by atoms with Gasteiger partial charge < -0.3 is 10.1 Å². The van der Waals surface area contributed by atoms with E-state index in [1.807, 2.05) is 7.05 Å². The normalized spacial score (nSPS) is 12.2. The van der Waals surface area contributed by atoms with Crippen molar-refractivity contribution in [2.24, 2.45) is 0 Å². The Morgan fingerprint density at radius 2 is 1.75 bits per heavy atom. The molecule has 0 saturated heterocycles. The lowest BCUT2D eigenvalue weighted by atomic mass is 9.93. The summed E-state index contributed by atoms with van der Waals surface area (Å²) in [5, 5.41) is 3.41. The van der Waals surface area contributed by atoms with E-state index < -0.39 is 0 Å². The second kappa shape index (κ2) is 6.59. The van der Waals surface area contributed by atoms with E-state index in [-0.39, 0.29) is 6.04 Å². The quantitative estimate of drug-likeness (QED) is 0.801. The van der Waals surface area contributed by atoms with Gasteiger partial charge in [0.1, 0.15) is 5.75 Å². The molecule has 3 heteroatoms. The van der Waals surface area contributed by atoms with Crippen molar-refractivity contribution < 1.29 is 4.74 Å². The van der Waals surface area contributed by atoms with Gasteiger partial charge in [0.2, 0.25) is 0 Å². The SMILES string of the molecule is CNC(c1ccc(I)cc1)c1c(C)cc(C)cc1OC. The molecule has 0 aliphatic rings. The third kappa shape index (κ3) is 3.15. The summed E-state index contributed by atoms with van der Waals surface area (Å²) in [5.41, 5.74) is 4.93. The van der Waals surface area contributed by atoms with Crippen LogP contribution in [0.4, 0.5) is 0 Å². The third-order valence-electron chi connectivity index (χ3n) is 3.49. The van der Waals surface area contributed by atoms with Gasteiger partial charge in [-0.15, -0.1) is 0 Å². The maximum Gasteiger partial charge on any atom is 0.124 e. The Hall–Kier alpha value is -1.07. The van der Waals surface area contributed by atoms with Crippen molar-refractivity contribution in [3.63, 3.8) is 0 Å². The van der Waals surface area contributed by atoms with Crippen molar-refractivity contribution in [3.05, 3.63) is 62.2 Å². The molecule has 0 aromatic heterocycles. The Morgan fingerprint density at radius 3 is 2.30 bits per heavy atom. The summed E-state index contributed by atoms with van der Waals surface area (Å²) in [7, 11) is 3.72. The number of hydrogen-bond acceptors (Lipinski definition) is 2. The summed E-state index contributed by atoms with van der Waals surface area (Å²) in [5.74, 6) is 0.945. The fourth-order valence-corrected chi connectivity index (χ4v) is 2.97. The molecule has 0 aliphatic carbocycles. The van der Waals surface area contributed by atoms with Gasteiger partial charge in [0.05, 0.1) is 13.2 Å². The topological polar surface area (TPSA) is 21.3 Å². The lowest BCUT2D eigenvalue weighted by Gasteiger charge is -2.22. The summed E-state index contributed by atoms with van der Waals surface area (Å²) >= 11 is 2.33. The fourth-order valence-electron chi connectivity index (χ4n) is 2.61. The van der Waals surface area contributed by atoms with E-state index in [1.165, 1.54) is 25.8 Å². The van der Waals surface area contributed by atoms with E-state index in [2.05, 4.69) is 78.2 Å². The van der Waals surface area contributed by atoms with Crippen molar-refractivity contribution >= 4 is 22.6 Å². The minimum absolute atomic E-state index is 0.141. The van der Waals surface area contributed by atoms with Crippen LogP contribution < -0.4 is 10.1 Å². The average Bonchev–Trinajstić information content (AvgIpc) is 2.43. The molecule has 1 N–H and O–H groups in total. The van der Waals surface area contributed by atoms with Crippen molar-refractivity contribution in [3.8, 4) is 5.75 Å². The van der Waals surface area contributed by atoms with Crippen molar-refractivity contribution in [1.82, 2.24) is 5.32 Å². The Kier molecular flexibility index (Phi) is 5.05. The van der Waals surface area contributed by atoms with Crippen LogP contribution in [0.25, 0.3) is 0 Å². The maximum absolute atomic E-state index is 5.59. The third-order valence-corrected chi connectivity index (χ3v) is 4.21. The number of benzene rings is 2. The molecule has 0 spiro atoms. The first-order valence-corrected chi connectivity index (χ1v) is 7.72. The van der Waals surface area contributed by atoms with Gasteiger partial charge in [0.15, 0.2) is 0 Å². The van der Waals surface area contributed by atoms with E-state index in [4.69, 9.17) is 4.74 Å². The van der Waals surface area contributed by atoms with Crippen LogP contribution in [0.15, 0.2) is 36.4 Å². The molecule has 0 heterocycles. The molecule has 106 valence electrons. The summed E-state index contributed by atoms with van der Waals surface area (Å²) in [6, 6.07) is 13.0. The first-order chi connectivity index (χ1) is 9.56. The van der Waals surface area contributed by atoms with Gasteiger partial charge in [0, 0.05) is 9.13 Å². The van der Waals surface area contributed by atoms with Crippen LogP contribution in [-0.4, -0.2) is 14.2 Å². The molecule has 0 amide bonds. The summed E-state index contributed by atoms with van der Waals surface area (Å²) < 4.78 is 6.84. The number of methoxy groups -OCH3 is 1. The molecular weight excluding hydrogens is 361 g/mol. The van der Waals surface area contributed by atoms with E-state index in [1.54, 1.807) is 7.11 Å². The van der Waals surface area contributed by atoms with Crippen molar-refractivity contribution in [2.45, 2.75) is 19.9 Å². The molecule has 0 saturated carbocycles. The number of nitrogens with one attached hydrogen (secondary N) is 1. The van der Waals surface area contributed by atoms with Gasteiger partial charge in [-0.3, -0.25) is 0 Å². The zero-order valence-electron chi connectivity index (χ0n) is 12.3. The molecule has 2 rings (SSSR count). The van der Waals surface area contributed by atoms with E-state index in [0.29, 0.717) is 0 Å². The lowest BCUT2D eigenvalue weighted by Crippen LogP contribution is -2.19. The smallest absolute Gasteiger partial charge is 0.124 e. The van der Waals surface area contributed by atoms with Gasteiger partial charge in [-0.25, -0.2) is 0 Å². The van der Waals surface area contributed by atoms with E-state index in [9.17, 15) is 0 Å². The van der Waals surface area contributed by atoms with E-state index >= 15 is 0 Å². The van der Waals surface area contributed by atoms with Gasteiger partial charge in [-0.05, 0) is 78.4 Å². The Morgan fingerprint density at radius 1 is 1.10 bits per heavy atom. The van der Waals surface area contributed by atoms with Crippen LogP contribution >= 0.6 is 22.6 Å². The molecule has 20 heavy (non-hydrogen) atoms.